The number of para-hydroxylation sites is 1. The number of nitrogens with two attached hydrogens (primary N) is 1. The van der Waals surface area contributed by atoms with Gasteiger partial charge in [-0.25, -0.2) is 0 Å². The average Bonchev–Trinajstić information content (AvgIpc) is 2.72. The summed E-state index contributed by atoms with van der Waals surface area (Å²) in [7, 11) is 0. The fraction of sp³-hybridized carbons (Fsp3) is 0.385. The number of hydrogen-bond donors (Lipinski definition) is 2. The summed E-state index contributed by atoms with van der Waals surface area (Å²) < 4.78 is 0. The molecule has 94 valence electrons. The van der Waals surface area contributed by atoms with Gasteiger partial charge in [0.1, 0.15) is 11.6 Å². The SMILES string of the molecule is Cc1cccc(C#N)c1N1CCC(N)(C(=O)O)C1. The molecule has 1 unspecified atom stereocenters. The average molecular weight is 245 g/mol. The van der Waals surface area contributed by atoms with E-state index in [9.17, 15) is 4.79 Å². The summed E-state index contributed by atoms with van der Waals surface area (Å²) in [6.07, 6.45) is 0.390. The lowest BCUT2D eigenvalue weighted by Gasteiger charge is -2.24. The fourth-order valence-corrected chi connectivity index (χ4v) is 2.37. The number of carboxylic acid groups (broad SMARTS) is 1. The van der Waals surface area contributed by atoms with Crippen LogP contribution < -0.4 is 10.6 Å². The van der Waals surface area contributed by atoms with Crippen LogP contribution in [-0.4, -0.2) is 29.7 Å². The number of aryl methyl sites for hydroxylation is 1. The van der Waals surface area contributed by atoms with E-state index in [0.717, 1.165) is 11.3 Å². The highest BCUT2D eigenvalue weighted by Gasteiger charge is 2.42. The molecule has 1 aromatic rings. The molecule has 1 fully saturated rings. The molecule has 0 aromatic heterocycles. The van der Waals surface area contributed by atoms with Crippen molar-refractivity contribution in [3.8, 4) is 6.07 Å². The molecule has 1 saturated heterocycles. The quantitative estimate of drug-likeness (QED) is 0.806. The normalized spacial score (nSPS) is 22.8. The van der Waals surface area contributed by atoms with E-state index < -0.39 is 11.5 Å². The van der Waals surface area contributed by atoms with Crippen LogP contribution in [0.2, 0.25) is 0 Å². The number of anilines is 1. The van der Waals surface area contributed by atoms with E-state index in [1.807, 2.05) is 24.0 Å². The minimum absolute atomic E-state index is 0.238. The van der Waals surface area contributed by atoms with E-state index in [1.54, 1.807) is 6.07 Å². The summed E-state index contributed by atoms with van der Waals surface area (Å²) in [4.78, 5) is 13.0. The first kappa shape index (κ1) is 12.4. The first-order valence-electron chi connectivity index (χ1n) is 5.75. The van der Waals surface area contributed by atoms with Gasteiger partial charge in [0.05, 0.1) is 11.3 Å². The standard InChI is InChI=1S/C13H15N3O2/c1-9-3-2-4-10(7-14)11(9)16-6-5-13(15,8-16)12(17)18/h2-4H,5-6,8,15H2,1H3,(H,17,18). The highest BCUT2D eigenvalue weighted by atomic mass is 16.4. The Bertz CT molecular complexity index is 536. The van der Waals surface area contributed by atoms with Gasteiger partial charge < -0.3 is 15.7 Å². The van der Waals surface area contributed by atoms with E-state index in [1.165, 1.54) is 0 Å². The van der Waals surface area contributed by atoms with Crippen LogP contribution in [0.4, 0.5) is 5.69 Å². The van der Waals surface area contributed by atoms with Gasteiger partial charge in [-0.2, -0.15) is 5.26 Å². The Hall–Kier alpha value is -2.06. The Kier molecular flexibility index (Phi) is 2.97. The van der Waals surface area contributed by atoms with Crippen molar-refractivity contribution in [3.05, 3.63) is 29.3 Å². The monoisotopic (exact) mass is 245 g/mol. The second-order valence-corrected chi connectivity index (χ2v) is 4.72. The number of benzene rings is 1. The molecular formula is C13H15N3O2. The molecule has 0 spiro atoms. The molecule has 0 saturated carbocycles. The molecule has 0 radical (unpaired) electrons. The smallest absolute Gasteiger partial charge is 0.325 e. The number of aliphatic carboxylic acids is 1. The highest BCUT2D eigenvalue weighted by molar-refractivity contribution is 5.81. The highest BCUT2D eigenvalue weighted by Crippen LogP contribution is 2.30. The van der Waals surface area contributed by atoms with Crippen molar-refractivity contribution in [1.29, 1.82) is 5.26 Å². The molecule has 1 aliphatic heterocycles. The third kappa shape index (κ3) is 1.91. The molecule has 1 atom stereocenters. The Labute approximate surface area is 105 Å². The Morgan fingerprint density at radius 1 is 1.61 bits per heavy atom. The lowest BCUT2D eigenvalue weighted by Crippen LogP contribution is -2.50. The van der Waals surface area contributed by atoms with Gasteiger partial charge in [0.25, 0.3) is 0 Å². The maximum absolute atomic E-state index is 11.1. The van der Waals surface area contributed by atoms with Crippen LogP contribution in [0, 0.1) is 18.3 Å². The Balaban J connectivity index is 2.36. The molecule has 2 rings (SSSR count). The van der Waals surface area contributed by atoms with Crippen LogP contribution >= 0.6 is 0 Å². The third-order valence-corrected chi connectivity index (χ3v) is 3.40. The van der Waals surface area contributed by atoms with Crippen LogP contribution in [0.25, 0.3) is 0 Å². The molecule has 1 heterocycles. The lowest BCUT2D eigenvalue weighted by atomic mass is 10.0. The Morgan fingerprint density at radius 3 is 2.89 bits per heavy atom. The van der Waals surface area contributed by atoms with Gasteiger partial charge in [-0.3, -0.25) is 4.79 Å². The van der Waals surface area contributed by atoms with Gasteiger partial charge >= 0.3 is 5.97 Å². The van der Waals surface area contributed by atoms with Crippen LogP contribution in [0.5, 0.6) is 0 Å². The number of carboxylic acids is 1. The minimum Gasteiger partial charge on any atom is -0.480 e. The summed E-state index contributed by atoms with van der Waals surface area (Å²) in [6.45, 7) is 2.71. The van der Waals surface area contributed by atoms with Crippen LogP contribution in [0.15, 0.2) is 18.2 Å². The minimum atomic E-state index is -1.21. The van der Waals surface area contributed by atoms with E-state index in [-0.39, 0.29) is 6.54 Å². The molecule has 18 heavy (non-hydrogen) atoms. The number of carbonyl (C=O) groups is 1. The largest absolute Gasteiger partial charge is 0.480 e. The van der Waals surface area contributed by atoms with Gasteiger partial charge in [0.2, 0.25) is 0 Å². The molecule has 0 bridgehead atoms. The van der Waals surface area contributed by atoms with Gasteiger partial charge in [0.15, 0.2) is 0 Å². The molecular weight excluding hydrogens is 230 g/mol. The summed E-state index contributed by atoms with van der Waals surface area (Å²) in [5.74, 6) is -0.989. The number of rotatable bonds is 2. The maximum atomic E-state index is 11.1. The summed E-state index contributed by atoms with van der Waals surface area (Å²) >= 11 is 0. The topological polar surface area (TPSA) is 90.4 Å². The summed E-state index contributed by atoms with van der Waals surface area (Å²) in [5, 5.41) is 18.2. The van der Waals surface area contributed by atoms with Gasteiger partial charge in [-0.15, -0.1) is 0 Å². The maximum Gasteiger partial charge on any atom is 0.325 e. The Morgan fingerprint density at radius 2 is 2.33 bits per heavy atom. The molecule has 0 aliphatic carbocycles. The number of nitrogens with zero attached hydrogens (tertiary/aromatic N) is 2. The van der Waals surface area contributed by atoms with Crippen molar-refractivity contribution in [1.82, 2.24) is 0 Å². The van der Waals surface area contributed by atoms with Gasteiger partial charge in [-0.1, -0.05) is 12.1 Å². The van der Waals surface area contributed by atoms with Crippen molar-refractivity contribution >= 4 is 11.7 Å². The lowest BCUT2D eigenvalue weighted by molar-refractivity contribution is -0.142. The van der Waals surface area contributed by atoms with Crippen molar-refractivity contribution in [2.75, 3.05) is 18.0 Å². The van der Waals surface area contributed by atoms with E-state index in [4.69, 9.17) is 16.1 Å². The zero-order chi connectivity index (χ0) is 13.3. The van der Waals surface area contributed by atoms with Crippen molar-refractivity contribution < 1.29 is 9.90 Å². The summed E-state index contributed by atoms with van der Waals surface area (Å²) in [6, 6.07) is 7.61. The number of hydrogen-bond acceptors (Lipinski definition) is 4. The molecule has 0 amide bonds. The fourth-order valence-electron chi connectivity index (χ4n) is 2.37. The predicted molar refractivity (Wildman–Crippen MR) is 67.3 cm³/mol. The summed E-state index contributed by atoms with van der Waals surface area (Å²) in [5.41, 5.74) is 6.96. The molecule has 1 aliphatic rings. The second kappa shape index (κ2) is 4.31. The molecule has 3 N–H and O–H groups in total. The van der Waals surface area contributed by atoms with Gasteiger partial charge in [-0.05, 0) is 25.0 Å². The molecule has 5 heteroatoms. The van der Waals surface area contributed by atoms with Crippen molar-refractivity contribution in [2.45, 2.75) is 18.9 Å². The van der Waals surface area contributed by atoms with Gasteiger partial charge in [0, 0.05) is 13.1 Å². The predicted octanol–water partition coefficient (Wildman–Crippen LogP) is 0.859. The van der Waals surface area contributed by atoms with E-state index >= 15 is 0 Å². The zero-order valence-electron chi connectivity index (χ0n) is 10.2. The second-order valence-electron chi connectivity index (χ2n) is 4.72. The first-order valence-corrected chi connectivity index (χ1v) is 5.75. The van der Waals surface area contributed by atoms with Crippen LogP contribution in [-0.2, 0) is 4.79 Å². The van der Waals surface area contributed by atoms with E-state index in [0.29, 0.717) is 18.5 Å². The van der Waals surface area contributed by atoms with Crippen molar-refractivity contribution in [3.63, 3.8) is 0 Å². The first-order chi connectivity index (χ1) is 8.48. The van der Waals surface area contributed by atoms with Crippen LogP contribution in [0.3, 0.4) is 0 Å². The van der Waals surface area contributed by atoms with Crippen molar-refractivity contribution in [2.24, 2.45) is 5.73 Å². The number of nitriles is 1. The third-order valence-electron chi connectivity index (χ3n) is 3.40. The zero-order valence-corrected chi connectivity index (χ0v) is 10.2. The van der Waals surface area contributed by atoms with E-state index in [2.05, 4.69) is 6.07 Å². The molecule has 1 aromatic carbocycles. The molecule has 5 nitrogen and oxygen atoms in total. The van der Waals surface area contributed by atoms with Crippen LogP contribution in [0.1, 0.15) is 17.5 Å².